The minimum absolute atomic E-state index is 0.0787. The quantitative estimate of drug-likeness (QED) is 0.579. The van der Waals surface area contributed by atoms with Gasteiger partial charge in [-0.15, -0.1) is 0 Å². The van der Waals surface area contributed by atoms with E-state index in [1.54, 1.807) is 6.07 Å². The van der Waals surface area contributed by atoms with Gasteiger partial charge in [-0.2, -0.15) is 0 Å². The molecule has 0 fully saturated rings. The molecule has 0 aliphatic carbocycles. The number of rotatable bonds is 11. The maximum Gasteiger partial charge on any atom is 0.287 e. The molecule has 0 bridgehead atoms. The number of carbonyl (C=O) groups is 2. The fourth-order valence-corrected chi connectivity index (χ4v) is 3.18. The number of nitrogens with one attached hydrogen (secondary N) is 1. The Kier molecular flexibility index (Phi) is 8.75. The third kappa shape index (κ3) is 6.78. The van der Waals surface area contributed by atoms with E-state index in [9.17, 15) is 9.59 Å². The van der Waals surface area contributed by atoms with E-state index < -0.39 is 0 Å². The van der Waals surface area contributed by atoms with E-state index in [4.69, 9.17) is 4.42 Å². The molecule has 30 heavy (non-hydrogen) atoms. The van der Waals surface area contributed by atoms with E-state index in [1.807, 2.05) is 36.2 Å². The average molecular weight is 416 g/mol. The summed E-state index contributed by atoms with van der Waals surface area (Å²) in [7, 11) is 0. The Hall–Kier alpha value is -2.50. The summed E-state index contributed by atoms with van der Waals surface area (Å²) in [5.41, 5.74) is 1.05. The number of amides is 2. The van der Waals surface area contributed by atoms with Gasteiger partial charge in [-0.05, 0) is 49.4 Å². The van der Waals surface area contributed by atoms with Crippen LogP contribution < -0.4 is 5.32 Å². The third-order valence-corrected chi connectivity index (χ3v) is 5.28. The van der Waals surface area contributed by atoms with E-state index >= 15 is 0 Å². The maximum absolute atomic E-state index is 12.6. The first-order valence-corrected chi connectivity index (χ1v) is 11.0. The molecule has 166 valence electrons. The van der Waals surface area contributed by atoms with Gasteiger partial charge in [0.1, 0.15) is 5.76 Å². The lowest BCUT2D eigenvalue weighted by molar-refractivity contribution is -0.132. The van der Waals surface area contributed by atoms with Crippen molar-refractivity contribution < 1.29 is 14.0 Å². The molecule has 0 unspecified atom stereocenters. The Morgan fingerprint density at radius 1 is 1.13 bits per heavy atom. The summed E-state index contributed by atoms with van der Waals surface area (Å²) in [6.45, 7) is 14.2. The lowest BCUT2D eigenvalue weighted by atomic mass is 10.1. The summed E-state index contributed by atoms with van der Waals surface area (Å²) >= 11 is 0. The molecular weight excluding hydrogens is 378 g/mol. The first-order chi connectivity index (χ1) is 14.2. The summed E-state index contributed by atoms with van der Waals surface area (Å²) < 4.78 is 7.87. The molecule has 0 saturated carbocycles. The van der Waals surface area contributed by atoms with Crippen LogP contribution in [0, 0.1) is 11.8 Å². The molecule has 2 rings (SSSR count). The molecule has 2 heterocycles. The zero-order valence-electron chi connectivity index (χ0n) is 19.3. The molecule has 1 N–H and O–H groups in total. The molecule has 6 heteroatoms. The van der Waals surface area contributed by atoms with Crippen LogP contribution in [-0.2, 0) is 17.9 Å². The Labute approximate surface area is 180 Å². The summed E-state index contributed by atoms with van der Waals surface area (Å²) in [6, 6.07) is 7.65. The van der Waals surface area contributed by atoms with Gasteiger partial charge in [0.2, 0.25) is 5.91 Å². The predicted octanol–water partition coefficient (Wildman–Crippen LogP) is 4.69. The Morgan fingerprint density at radius 3 is 2.50 bits per heavy atom. The van der Waals surface area contributed by atoms with Gasteiger partial charge in [0.25, 0.3) is 5.91 Å². The van der Waals surface area contributed by atoms with Crippen molar-refractivity contribution in [1.29, 1.82) is 0 Å². The van der Waals surface area contributed by atoms with Crippen molar-refractivity contribution in [3.8, 4) is 0 Å². The van der Waals surface area contributed by atoms with Crippen LogP contribution in [0.3, 0.4) is 0 Å². The number of hydrogen-bond donors (Lipinski definition) is 1. The monoisotopic (exact) mass is 415 g/mol. The molecule has 2 aromatic heterocycles. The van der Waals surface area contributed by atoms with Gasteiger partial charge >= 0.3 is 0 Å². The predicted molar refractivity (Wildman–Crippen MR) is 119 cm³/mol. The fourth-order valence-electron chi connectivity index (χ4n) is 3.18. The highest BCUT2D eigenvalue weighted by Gasteiger charge is 2.18. The van der Waals surface area contributed by atoms with Gasteiger partial charge in [-0.25, -0.2) is 0 Å². The van der Waals surface area contributed by atoms with Crippen LogP contribution >= 0.6 is 0 Å². The van der Waals surface area contributed by atoms with Gasteiger partial charge in [0.15, 0.2) is 5.76 Å². The summed E-state index contributed by atoms with van der Waals surface area (Å²) in [6.07, 6.45) is 3.47. The molecule has 1 atom stereocenters. The van der Waals surface area contributed by atoms with E-state index in [0.717, 1.165) is 18.7 Å². The van der Waals surface area contributed by atoms with Gasteiger partial charge in [-0.1, -0.05) is 34.6 Å². The van der Waals surface area contributed by atoms with Gasteiger partial charge in [0, 0.05) is 30.9 Å². The molecule has 6 nitrogen and oxygen atoms in total. The molecule has 2 aromatic rings. The van der Waals surface area contributed by atoms with Crippen LogP contribution in [0.25, 0.3) is 0 Å². The molecular formula is C24H37N3O3. The summed E-state index contributed by atoms with van der Waals surface area (Å²) in [5.74, 6) is 1.74. The van der Waals surface area contributed by atoms with Gasteiger partial charge in [0.05, 0.1) is 13.1 Å². The SMILES string of the molecule is CCCN(Cc1cccn1Cc1ccc(C(=O)N[C@@H](C)C(C)C)o1)C(=O)CC(C)C. The minimum atomic E-state index is -0.191. The van der Waals surface area contributed by atoms with Crippen LogP contribution in [0.15, 0.2) is 34.9 Å². The highest BCUT2D eigenvalue weighted by Crippen LogP contribution is 2.15. The zero-order chi connectivity index (χ0) is 22.3. The summed E-state index contributed by atoms with van der Waals surface area (Å²) in [4.78, 5) is 26.9. The van der Waals surface area contributed by atoms with E-state index in [0.29, 0.717) is 42.9 Å². The van der Waals surface area contributed by atoms with Crippen molar-refractivity contribution in [1.82, 2.24) is 14.8 Å². The Morgan fingerprint density at radius 2 is 1.87 bits per heavy atom. The van der Waals surface area contributed by atoms with Crippen molar-refractivity contribution in [3.05, 3.63) is 47.7 Å². The van der Waals surface area contributed by atoms with Crippen molar-refractivity contribution in [2.24, 2.45) is 11.8 Å². The minimum Gasteiger partial charge on any atom is -0.454 e. The van der Waals surface area contributed by atoms with Crippen molar-refractivity contribution in [2.45, 2.75) is 73.5 Å². The van der Waals surface area contributed by atoms with E-state index in [1.165, 1.54) is 0 Å². The molecule has 0 radical (unpaired) electrons. The number of aromatic nitrogens is 1. The van der Waals surface area contributed by atoms with Crippen LogP contribution in [0.4, 0.5) is 0 Å². The second-order valence-electron chi connectivity index (χ2n) is 8.81. The normalized spacial score (nSPS) is 12.4. The van der Waals surface area contributed by atoms with E-state index in [2.05, 4.69) is 44.5 Å². The van der Waals surface area contributed by atoms with Crippen LogP contribution in [0.1, 0.15) is 76.4 Å². The highest BCUT2D eigenvalue weighted by atomic mass is 16.4. The number of nitrogens with zero attached hydrogens (tertiary/aromatic N) is 2. The number of carbonyl (C=O) groups excluding carboxylic acids is 2. The molecule has 0 aromatic carbocycles. The van der Waals surface area contributed by atoms with E-state index in [-0.39, 0.29) is 17.9 Å². The molecule has 0 saturated heterocycles. The second-order valence-corrected chi connectivity index (χ2v) is 8.81. The standard InChI is InChI=1S/C24H37N3O3/c1-7-12-27(23(28)14-17(2)3)15-20-9-8-13-26(20)16-21-10-11-22(30-21)24(29)25-19(6)18(4)5/h8-11,13,17-19H,7,12,14-16H2,1-6H3,(H,25,29)/t19-/m0/s1. The fraction of sp³-hybridized carbons (Fsp3) is 0.583. The Balaban J connectivity index is 2.06. The second kappa shape index (κ2) is 11.0. The molecule has 0 aliphatic heterocycles. The number of hydrogen-bond acceptors (Lipinski definition) is 3. The lowest BCUT2D eigenvalue weighted by Gasteiger charge is -2.24. The molecule has 2 amide bonds. The topological polar surface area (TPSA) is 67.5 Å². The third-order valence-electron chi connectivity index (χ3n) is 5.28. The van der Waals surface area contributed by atoms with Crippen LogP contribution in [0.5, 0.6) is 0 Å². The first kappa shape index (κ1) is 23.8. The average Bonchev–Trinajstić information content (AvgIpc) is 3.30. The highest BCUT2D eigenvalue weighted by molar-refractivity contribution is 5.91. The molecule has 0 spiro atoms. The van der Waals surface area contributed by atoms with Crippen molar-refractivity contribution >= 4 is 11.8 Å². The van der Waals surface area contributed by atoms with Crippen molar-refractivity contribution in [3.63, 3.8) is 0 Å². The van der Waals surface area contributed by atoms with Crippen LogP contribution in [0.2, 0.25) is 0 Å². The maximum atomic E-state index is 12.6. The van der Waals surface area contributed by atoms with Crippen molar-refractivity contribution in [2.75, 3.05) is 6.54 Å². The largest absolute Gasteiger partial charge is 0.454 e. The van der Waals surface area contributed by atoms with Gasteiger partial charge in [-0.3, -0.25) is 9.59 Å². The molecule has 0 aliphatic rings. The van der Waals surface area contributed by atoms with Crippen LogP contribution in [-0.4, -0.2) is 33.9 Å². The lowest BCUT2D eigenvalue weighted by Crippen LogP contribution is -2.35. The summed E-state index contributed by atoms with van der Waals surface area (Å²) in [5, 5.41) is 2.96. The van der Waals surface area contributed by atoms with Gasteiger partial charge < -0.3 is 19.2 Å². The number of furan rings is 1. The Bertz CT molecular complexity index is 819. The first-order valence-electron chi connectivity index (χ1n) is 11.0. The smallest absolute Gasteiger partial charge is 0.287 e. The zero-order valence-corrected chi connectivity index (χ0v) is 19.3.